The number of fused-ring (bicyclic) bond motifs is 3. The van der Waals surface area contributed by atoms with Crippen LogP contribution in [0.25, 0.3) is 10.8 Å². The van der Waals surface area contributed by atoms with Gasteiger partial charge in [-0.3, -0.25) is 4.79 Å². The zero-order chi connectivity index (χ0) is 17.4. The summed E-state index contributed by atoms with van der Waals surface area (Å²) < 4.78 is 2.15. The van der Waals surface area contributed by atoms with Gasteiger partial charge in [-0.15, -0.1) is 0 Å². The third kappa shape index (κ3) is 3.06. The lowest BCUT2D eigenvalue weighted by Gasteiger charge is -2.28. The van der Waals surface area contributed by atoms with E-state index in [0.717, 1.165) is 34.3 Å². The number of carboxylic acid groups (broad SMARTS) is 1. The summed E-state index contributed by atoms with van der Waals surface area (Å²) in [6.07, 6.45) is 0.845. The summed E-state index contributed by atoms with van der Waals surface area (Å²) in [5.74, 6) is -0.928. The Morgan fingerprint density at radius 1 is 1.12 bits per heavy atom. The number of nitrogens with one attached hydrogen (secondary N) is 1. The van der Waals surface area contributed by atoms with E-state index < -0.39 is 5.97 Å². The monoisotopic (exact) mass is 352 g/mol. The molecule has 0 aliphatic carbocycles. The second-order valence-corrected chi connectivity index (χ2v) is 7.16. The highest BCUT2D eigenvalue weighted by atomic mass is 32.2. The molecule has 6 heteroatoms. The molecule has 0 spiro atoms. The van der Waals surface area contributed by atoms with E-state index in [4.69, 9.17) is 5.11 Å². The first-order valence-corrected chi connectivity index (χ1v) is 8.78. The van der Waals surface area contributed by atoms with Gasteiger partial charge in [-0.1, -0.05) is 24.3 Å². The summed E-state index contributed by atoms with van der Waals surface area (Å²) in [4.78, 5) is 27.3. The number of rotatable bonds is 3. The number of carbonyl (C=O) groups is 1. The smallest absolute Gasteiger partial charge is 0.335 e. The molecule has 4 rings (SSSR count). The van der Waals surface area contributed by atoms with Gasteiger partial charge >= 0.3 is 5.97 Å². The summed E-state index contributed by atoms with van der Waals surface area (Å²) in [5, 5.41) is 10.9. The van der Waals surface area contributed by atoms with Gasteiger partial charge in [0.05, 0.1) is 5.56 Å². The number of aromatic nitrogens is 1. The van der Waals surface area contributed by atoms with Gasteiger partial charge in [0.15, 0.2) is 0 Å². The van der Waals surface area contributed by atoms with Gasteiger partial charge in [-0.25, -0.2) is 9.10 Å². The average molecular weight is 352 g/mol. The van der Waals surface area contributed by atoms with Gasteiger partial charge < -0.3 is 10.1 Å². The summed E-state index contributed by atoms with van der Waals surface area (Å²) in [5.41, 5.74) is 2.36. The number of carboxylic acids is 1. The molecule has 5 nitrogen and oxygen atoms in total. The van der Waals surface area contributed by atoms with E-state index in [-0.39, 0.29) is 11.1 Å². The van der Waals surface area contributed by atoms with E-state index in [1.807, 2.05) is 30.3 Å². The van der Waals surface area contributed by atoms with Crippen molar-refractivity contribution in [2.24, 2.45) is 0 Å². The van der Waals surface area contributed by atoms with Gasteiger partial charge in [0, 0.05) is 29.1 Å². The minimum atomic E-state index is -0.928. The summed E-state index contributed by atoms with van der Waals surface area (Å²) >= 11 is 1.52. The lowest BCUT2D eigenvalue weighted by Crippen LogP contribution is -2.28. The zero-order valence-corrected chi connectivity index (χ0v) is 14.2. The van der Waals surface area contributed by atoms with Gasteiger partial charge in [0.2, 0.25) is 0 Å². The second-order valence-electron chi connectivity index (χ2n) is 5.99. The van der Waals surface area contributed by atoms with Gasteiger partial charge in [-0.05, 0) is 53.6 Å². The quantitative estimate of drug-likeness (QED) is 0.708. The largest absolute Gasteiger partial charge is 0.478 e. The predicted molar refractivity (Wildman–Crippen MR) is 97.9 cm³/mol. The maximum atomic E-state index is 12.3. The highest BCUT2D eigenvalue weighted by Crippen LogP contribution is 2.31. The van der Waals surface area contributed by atoms with Crippen LogP contribution in [0.2, 0.25) is 0 Å². The van der Waals surface area contributed by atoms with E-state index in [9.17, 15) is 9.59 Å². The standard InChI is InChI=1S/C19H16N2O3S/c22-18-16-7-2-1-6-14(16)15-8-9-21(11-17(15)20-18)25-13-5-3-4-12(10-13)19(23)24/h1-7,10H,8-9,11H2,(H,20,22)(H,23,24). The van der Waals surface area contributed by atoms with Crippen molar-refractivity contribution in [1.29, 1.82) is 0 Å². The Hall–Kier alpha value is -2.57. The maximum absolute atomic E-state index is 12.3. The highest BCUT2D eigenvalue weighted by Gasteiger charge is 2.21. The first kappa shape index (κ1) is 15.9. The molecule has 126 valence electrons. The average Bonchev–Trinajstić information content (AvgIpc) is 2.62. The molecule has 0 saturated carbocycles. The molecule has 0 saturated heterocycles. The molecule has 0 bridgehead atoms. The first-order valence-electron chi connectivity index (χ1n) is 8.01. The molecule has 25 heavy (non-hydrogen) atoms. The molecule has 0 amide bonds. The number of benzene rings is 2. The van der Waals surface area contributed by atoms with Crippen LogP contribution in [-0.4, -0.2) is 26.9 Å². The molecular weight excluding hydrogens is 336 g/mol. The van der Waals surface area contributed by atoms with E-state index in [1.54, 1.807) is 18.2 Å². The van der Waals surface area contributed by atoms with Crippen LogP contribution in [0.3, 0.4) is 0 Å². The Morgan fingerprint density at radius 2 is 1.92 bits per heavy atom. The summed E-state index contributed by atoms with van der Waals surface area (Å²) in [6.45, 7) is 1.46. The SMILES string of the molecule is O=C(O)c1cccc(SN2CCc3c([nH]c(=O)c4ccccc34)C2)c1. The second kappa shape index (κ2) is 6.38. The summed E-state index contributed by atoms with van der Waals surface area (Å²) in [7, 11) is 0. The highest BCUT2D eigenvalue weighted by molar-refractivity contribution is 7.97. The number of aromatic carboxylic acids is 1. The molecule has 1 aliphatic rings. The van der Waals surface area contributed by atoms with Crippen molar-refractivity contribution in [3.05, 3.63) is 75.7 Å². The number of aromatic amines is 1. The molecule has 1 aromatic heterocycles. The maximum Gasteiger partial charge on any atom is 0.335 e. The third-order valence-corrected chi connectivity index (χ3v) is 5.42. The molecule has 0 radical (unpaired) electrons. The number of H-pyrrole nitrogens is 1. The first-order chi connectivity index (χ1) is 12.1. The van der Waals surface area contributed by atoms with E-state index in [2.05, 4.69) is 9.29 Å². The lowest BCUT2D eigenvalue weighted by atomic mass is 9.99. The van der Waals surface area contributed by atoms with Crippen molar-refractivity contribution in [1.82, 2.24) is 9.29 Å². The Labute approximate surface area is 148 Å². The van der Waals surface area contributed by atoms with Gasteiger partial charge in [0.25, 0.3) is 5.56 Å². The van der Waals surface area contributed by atoms with Crippen molar-refractivity contribution in [3.8, 4) is 0 Å². The molecule has 2 N–H and O–H groups in total. The number of pyridine rings is 1. The number of nitrogens with zero attached hydrogens (tertiary/aromatic N) is 1. The molecule has 1 aliphatic heterocycles. The van der Waals surface area contributed by atoms with Crippen LogP contribution in [-0.2, 0) is 13.0 Å². The van der Waals surface area contributed by atoms with Gasteiger partial charge in [-0.2, -0.15) is 0 Å². The summed E-state index contributed by atoms with van der Waals surface area (Å²) in [6, 6.07) is 14.6. The normalized spacial score (nSPS) is 14.4. The minimum absolute atomic E-state index is 0.0610. The molecule has 0 atom stereocenters. The topological polar surface area (TPSA) is 73.4 Å². The number of hydrogen-bond donors (Lipinski definition) is 2. The van der Waals surface area contributed by atoms with Crippen LogP contribution >= 0.6 is 11.9 Å². The molecule has 2 aromatic carbocycles. The minimum Gasteiger partial charge on any atom is -0.478 e. The fourth-order valence-corrected chi connectivity index (χ4v) is 4.21. The fourth-order valence-electron chi connectivity index (χ4n) is 3.21. The Balaban J connectivity index is 1.62. The fraction of sp³-hybridized carbons (Fsp3) is 0.158. The predicted octanol–water partition coefficient (Wildman–Crippen LogP) is 3.29. The van der Waals surface area contributed by atoms with Crippen LogP contribution in [0.4, 0.5) is 0 Å². The van der Waals surface area contributed by atoms with Crippen molar-refractivity contribution in [2.45, 2.75) is 17.9 Å². The van der Waals surface area contributed by atoms with E-state index in [0.29, 0.717) is 6.54 Å². The van der Waals surface area contributed by atoms with Crippen LogP contribution in [0, 0.1) is 0 Å². The lowest BCUT2D eigenvalue weighted by molar-refractivity contribution is 0.0696. The molecule has 3 aromatic rings. The van der Waals surface area contributed by atoms with Crippen LogP contribution in [0.1, 0.15) is 21.6 Å². The molecule has 0 fully saturated rings. The van der Waals surface area contributed by atoms with Crippen molar-refractivity contribution in [2.75, 3.05) is 6.54 Å². The Kier molecular flexibility index (Phi) is 4.07. The van der Waals surface area contributed by atoms with Gasteiger partial charge in [0.1, 0.15) is 0 Å². The number of hydrogen-bond acceptors (Lipinski definition) is 4. The van der Waals surface area contributed by atoms with Crippen molar-refractivity contribution in [3.63, 3.8) is 0 Å². The van der Waals surface area contributed by atoms with E-state index in [1.165, 1.54) is 17.5 Å². The third-order valence-electron chi connectivity index (χ3n) is 4.39. The molecular formula is C19H16N2O3S. The Morgan fingerprint density at radius 3 is 2.72 bits per heavy atom. The molecule has 0 unspecified atom stereocenters. The molecule has 2 heterocycles. The Bertz CT molecular complexity index is 1030. The van der Waals surface area contributed by atoms with Crippen molar-refractivity contribution >= 4 is 28.7 Å². The van der Waals surface area contributed by atoms with Crippen LogP contribution in [0.15, 0.2) is 58.2 Å². The van der Waals surface area contributed by atoms with Crippen LogP contribution in [0.5, 0.6) is 0 Å². The van der Waals surface area contributed by atoms with E-state index >= 15 is 0 Å². The van der Waals surface area contributed by atoms with Crippen molar-refractivity contribution < 1.29 is 9.90 Å². The van der Waals surface area contributed by atoms with Crippen LogP contribution < -0.4 is 5.56 Å². The zero-order valence-electron chi connectivity index (χ0n) is 13.4.